The highest BCUT2D eigenvalue weighted by Gasteiger charge is 2.12. The molecule has 3 heteroatoms. The third-order valence-electron chi connectivity index (χ3n) is 0.706. The van der Waals surface area contributed by atoms with Crippen molar-refractivity contribution in [3.8, 4) is 0 Å². The molecule has 7 heavy (non-hydrogen) atoms. The van der Waals surface area contributed by atoms with E-state index in [9.17, 15) is 0 Å². The van der Waals surface area contributed by atoms with Gasteiger partial charge in [-0.05, 0) is 11.8 Å². The summed E-state index contributed by atoms with van der Waals surface area (Å²) in [7, 11) is 0. The smallest absolute Gasteiger partial charge is 0.125 e. The van der Waals surface area contributed by atoms with Crippen molar-refractivity contribution < 1.29 is 0 Å². The standard InChI is InChI=1S/C4H11BrSSi/c1-7(2,5)4-3-6/h6H,3-4H2,1-2H3. The Morgan fingerprint density at radius 1 is 1.57 bits per heavy atom. The number of hydrogen-bond donors (Lipinski definition) is 1. The van der Waals surface area contributed by atoms with Crippen molar-refractivity contribution >= 4 is 34.6 Å². The topological polar surface area (TPSA) is 0 Å². The minimum atomic E-state index is -0.921. The van der Waals surface area contributed by atoms with Crippen LogP contribution in [0.15, 0.2) is 0 Å². The molecule has 44 valence electrons. The van der Waals surface area contributed by atoms with Crippen LogP contribution in [0, 0.1) is 0 Å². The molecule has 0 aliphatic rings. The third kappa shape index (κ3) is 7.05. The van der Waals surface area contributed by atoms with Crippen LogP contribution < -0.4 is 0 Å². The lowest BCUT2D eigenvalue weighted by molar-refractivity contribution is 1.44. The molecule has 0 heterocycles. The number of thiol groups is 1. The third-order valence-corrected chi connectivity index (χ3v) is 3.98. The minimum absolute atomic E-state index is 0.921. The molecule has 0 aromatic rings. The van der Waals surface area contributed by atoms with E-state index < -0.39 is 6.69 Å². The summed E-state index contributed by atoms with van der Waals surface area (Å²) in [5.74, 6) is 1.02. The summed E-state index contributed by atoms with van der Waals surface area (Å²) in [4.78, 5) is 0. The second kappa shape index (κ2) is 3.15. The molecule has 0 spiro atoms. The maximum atomic E-state index is 4.12. The molecule has 0 atom stereocenters. The van der Waals surface area contributed by atoms with Crippen molar-refractivity contribution in [2.45, 2.75) is 19.1 Å². The Bertz CT molecular complexity index is 50.1. The van der Waals surface area contributed by atoms with Crippen LogP contribution in [-0.4, -0.2) is 12.4 Å². The van der Waals surface area contributed by atoms with Crippen molar-refractivity contribution in [1.82, 2.24) is 0 Å². The molecule has 0 rings (SSSR count). The predicted octanol–water partition coefficient (Wildman–Crippen LogP) is 2.52. The molecule has 0 amide bonds. The molecule has 0 N–H and O–H groups in total. The molecular formula is C4H11BrSSi. The van der Waals surface area contributed by atoms with Crippen LogP contribution in [-0.2, 0) is 0 Å². The number of halogens is 1. The zero-order valence-electron chi connectivity index (χ0n) is 4.74. The van der Waals surface area contributed by atoms with Gasteiger partial charge >= 0.3 is 0 Å². The Hall–Kier alpha value is 1.05. The van der Waals surface area contributed by atoms with E-state index in [0.29, 0.717) is 0 Å². The quantitative estimate of drug-likeness (QED) is 0.394. The molecule has 0 aliphatic heterocycles. The maximum absolute atomic E-state index is 4.12. The van der Waals surface area contributed by atoms with Gasteiger partial charge in [0.05, 0.1) is 0 Å². The number of rotatable bonds is 2. The summed E-state index contributed by atoms with van der Waals surface area (Å²) in [5, 5.41) is 0. The maximum Gasteiger partial charge on any atom is 0.125 e. The van der Waals surface area contributed by atoms with Gasteiger partial charge in [-0.15, -0.1) is 15.3 Å². The highest BCUT2D eigenvalue weighted by molar-refractivity contribution is 9.26. The Labute approximate surface area is 59.7 Å². The van der Waals surface area contributed by atoms with Gasteiger partial charge in [0, 0.05) is 0 Å². The minimum Gasteiger partial charge on any atom is -0.180 e. The van der Waals surface area contributed by atoms with E-state index in [-0.39, 0.29) is 0 Å². The van der Waals surface area contributed by atoms with Crippen molar-refractivity contribution in [3.05, 3.63) is 0 Å². The normalized spacial score (nSPS) is 12.0. The van der Waals surface area contributed by atoms with Crippen LogP contribution in [0.2, 0.25) is 19.1 Å². The second-order valence-corrected chi connectivity index (χ2v) is 13.0. The predicted molar refractivity (Wildman–Crippen MR) is 45.1 cm³/mol. The molecule has 0 bridgehead atoms. The van der Waals surface area contributed by atoms with Crippen molar-refractivity contribution in [3.63, 3.8) is 0 Å². The molecule has 0 nitrogen and oxygen atoms in total. The lowest BCUT2D eigenvalue weighted by Crippen LogP contribution is -2.14. The van der Waals surface area contributed by atoms with Crippen LogP contribution in [0.5, 0.6) is 0 Å². The zero-order chi connectivity index (χ0) is 5.91. The highest BCUT2D eigenvalue weighted by Crippen LogP contribution is 2.16. The Balaban J connectivity index is 3.15. The SMILES string of the molecule is C[Si](C)(Br)CCS. The van der Waals surface area contributed by atoms with Gasteiger partial charge in [-0.2, -0.15) is 12.6 Å². The molecule has 0 saturated heterocycles. The highest BCUT2D eigenvalue weighted by atomic mass is 79.9. The summed E-state index contributed by atoms with van der Waals surface area (Å²) in [6.45, 7) is 3.64. The largest absolute Gasteiger partial charge is 0.180 e. The van der Waals surface area contributed by atoms with Crippen LogP contribution >= 0.6 is 27.9 Å². The first-order chi connectivity index (χ1) is 3.06. The van der Waals surface area contributed by atoms with Gasteiger partial charge in [0.25, 0.3) is 0 Å². The van der Waals surface area contributed by atoms with Gasteiger partial charge in [-0.1, -0.05) is 13.1 Å². The second-order valence-electron chi connectivity index (χ2n) is 2.19. The summed E-state index contributed by atoms with van der Waals surface area (Å²) < 4.78 is 0. The van der Waals surface area contributed by atoms with E-state index in [1.165, 1.54) is 6.04 Å². The van der Waals surface area contributed by atoms with Crippen LogP contribution in [0.1, 0.15) is 0 Å². The Morgan fingerprint density at radius 3 is 2.00 bits per heavy atom. The first-order valence-corrected chi connectivity index (χ1v) is 8.46. The van der Waals surface area contributed by atoms with Crippen molar-refractivity contribution in [2.75, 3.05) is 5.75 Å². The van der Waals surface area contributed by atoms with Gasteiger partial charge in [-0.3, -0.25) is 0 Å². The first-order valence-electron chi connectivity index (χ1n) is 2.36. The average molecular weight is 199 g/mol. The summed E-state index contributed by atoms with van der Waals surface area (Å²) in [5.41, 5.74) is 0. The van der Waals surface area contributed by atoms with E-state index in [1.807, 2.05) is 0 Å². The van der Waals surface area contributed by atoms with E-state index in [4.69, 9.17) is 0 Å². The van der Waals surface area contributed by atoms with E-state index in [2.05, 4.69) is 41.0 Å². The monoisotopic (exact) mass is 198 g/mol. The zero-order valence-corrected chi connectivity index (χ0v) is 8.22. The summed E-state index contributed by atoms with van der Waals surface area (Å²) >= 11 is 7.75. The molecule has 0 aromatic heterocycles. The van der Waals surface area contributed by atoms with Gasteiger partial charge in [0.1, 0.15) is 6.69 Å². The van der Waals surface area contributed by atoms with E-state index >= 15 is 0 Å². The molecular weight excluding hydrogens is 188 g/mol. The van der Waals surface area contributed by atoms with Gasteiger partial charge < -0.3 is 0 Å². The Kier molecular flexibility index (Phi) is 3.62. The fraction of sp³-hybridized carbons (Fsp3) is 1.00. The number of hydrogen-bond acceptors (Lipinski definition) is 1. The first kappa shape index (κ1) is 8.05. The molecule has 0 aromatic carbocycles. The van der Waals surface area contributed by atoms with Gasteiger partial charge in [0.15, 0.2) is 0 Å². The molecule has 0 fully saturated rings. The summed E-state index contributed by atoms with van der Waals surface area (Å²) in [6, 6.07) is 1.26. The van der Waals surface area contributed by atoms with Gasteiger partial charge in [-0.25, -0.2) is 0 Å². The van der Waals surface area contributed by atoms with Gasteiger partial charge in [0.2, 0.25) is 0 Å². The lowest BCUT2D eigenvalue weighted by atomic mass is 11.0. The van der Waals surface area contributed by atoms with E-state index in [1.54, 1.807) is 0 Å². The fourth-order valence-corrected chi connectivity index (χ4v) is 3.99. The van der Waals surface area contributed by atoms with Crippen LogP contribution in [0.4, 0.5) is 0 Å². The Morgan fingerprint density at radius 2 is 2.00 bits per heavy atom. The molecule has 0 unspecified atom stereocenters. The van der Waals surface area contributed by atoms with E-state index in [0.717, 1.165) is 5.75 Å². The lowest BCUT2D eigenvalue weighted by Gasteiger charge is -2.08. The van der Waals surface area contributed by atoms with Crippen molar-refractivity contribution in [2.24, 2.45) is 0 Å². The molecule has 0 saturated carbocycles. The fourth-order valence-electron chi connectivity index (χ4n) is 0.266. The van der Waals surface area contributed by atoms with Crippen LogP contribution in [0.25, 0.3) is 0 Å². The molecule has 0 aliphatic carbocycles. The summed E-state index contributed by atoms with van der Waals surface area (Å²) in [6.07, 6.45) is 0. The van der Waals surface area contributed by atoms with Crippen molar-refractivity contribution in [1.29, 1.82) is 0 Å². The molecule has 0 radical (unpaired) electrons. The van der Waals surface area contributed by atoms with Crippen LogP contribution in [0.3, 0.4) is 0 Å². The average Bonchev–Trinajstić information content (AvgIpc) is 1.30.